The Morgan fingerprint density at radius 3 is 2.72 bits per heavy atom. The summed E-state index contributed by atoms with van der Waals surface area (Å²) < 4.78 is 32.5. The van der Waals surface area contributed by atoms with Gasteiger partial charge in [0, 0.05) is 25.7 Å². The Hall–Kier alpha value is -1.71. The molecule has 0 aromatic carbocycles. The van der Waals surface area contributed by atoms with E-state index in [-0.39, 0.29) is 10.1 Å². The Bertz CT molecular complexity index is 843. The maximum absolute atomic E-state index is 13.0. The molecule has 0 aliphatic carbocycles. The average molecular weight is 383 g/mol. The van der Waals surface area contributed by atoms with E-state index in [4.69, 9.17) is 4.52 Å². The summed E-state index contributed by atoms with van der Waals surface area (Å²) in [5, 5.41) is 3.64. The Morgan fingerprint density at radius 2 is 2.08 bits per heavy atom. The lowest BCUT2D eigenvalue weighted by Gasteiger charge is -2.38. The minimum atomic E-state index is -3.72. The molecule has 2 aromatic rings. The first-order valence-corrected chi connectivity index (χ1v) is 10.4. The van der Waals surface area contributed by atoms with Crippen LogP contribution in [0.2, 0.25) is 0 Å². The summed E-state index contributed by atoms with van der Waals surface area (Å²) in [4.78, 5) is 15.0. The van der Waals surface area contributed by atoms with Crippen LogP contribution in [0.25, 0.3) is 10.6 Å². The number of amides is 1. The highest BCUT2D eigenvalue weighted by Gasteiger charge is 2.39. The van der Waals surface area contributed by atoms with Crippen molar-refractivity contribution >= 4 is 27.3 Å². The Balaban J connectivity index is 1.82. The van der Waals surface area contributed by atoms with Gasteiger partial charge in [-0.1, -0.05) is 19.0 Å². The molecule has 3 heterocycles. The van der Waals surface area contributed by atoms with Crippen molar-refractivity contribution in [3.63, 3.8) is 0 Å². The predicted octanol–water partition coefficient (Wildman–Crippen LogP) is 2.28. The van der Waals surface area contributed by atoms with E-state index in [9.17, 15) is 13.2 Å². The second-order valence-electron chi connectivity index (χ2n) is 6.47. The molecule has 1 fully saturated rings. The molecule has 0 saturated carbocycles. The molecule has 9 heteroatoms. The Morgan fingerprint density at radius 1 is 1.32 bits per heavy atom. The number of nitrogens with zero attached hydrogens (tertiary/aromatic N) is 3. The van der Waals surface area contributed by atoms with Crippen LogP contribution in [-0.2, 0) is 14.8 Å². The lowest BCUT2D eigenvalue weighted by Crippen LogP contribution is -2.57. The zero-order valence-electron chi connectivity index (χ0n) is 14.4. The van der Waals surface area contributed by atoms with Crippen molar-refractivity contribution in [2.75, 3.05) is 19.6 Å². The molecule has 1 amide bonds. The van der Waals surface area contributed by atoms with Gasteiger partial charge in [0.1, 0.15) is 10.3 Å². The summed E-state index contributed by atoms with van der Waals surface area (Å²) in [5.74, 6) is 0.730. The van der Waals surface area contributed by atoms with Crippen molar-refractivity contribution in [2.45, 2.75) is 31.0 Å². The maximum atomic E-state index is 13.0. The molecule has 1 unspecified atom stereocenters. The standard InChI is InChI=1S/C16H21N3O4S2/c1-11(2)10-18-8-9-19(12(3)16(18)20)25(21,22)15-5-4-14(24-15)13-6-7-17-23-13/h4-7,11-12H,8-10H2,1-3H3. The lowest BCUT2D eigenvalue weighted by atomic mass is 10.1. The molecule has 7 nitrogen and oxygen atoms in total. The first-order valence-electron chi connectivity index (χ1n) is 8.12. The van der Waals surface area contributed by atoms with Crippen molar-refractivity contribution in [3.8, 4) is 10.6 Å². The monoisotopic (exact) mass is 383 g/mol. The van der Waals surface area contributed by atoms with Gasteiger partial charge in [0.25, 0.3) is 10.0 Å². The van der Waals surface area contributed by atoms with Crippen molar-refractivity contribution < 1.29 is 17.7 Å². The number of rotatable bonds is 5. The van der Waals surface area contributed by atoms with Crippen LogP contribution >= 0.6 is 11.3 Å². The maximum Gasteiger partial charge on any atom is 0.253 e. The van der Waals surface area contributed by atoms with E-state index in [2.05, 4.69) is 5.16 Å². The molecule has 0 bridgehead atoms. The van der Waals surface area contributed by atoms with Crippen LogP contribution in [0, 0.1) is 5.92 Å². The molecule has 0 spiro atoms. The molecule has 136 valence electrons. The van der Waals surface area contributed by atoms with E-state index in [1.165, 1.54) is 10.5 Å². The predicted molar refractivity (Wildman–Crippen MR) is 94.6 cm³/mol. The van der Waals surface area contributed by atoms with Crippen LogP contribution in [0.3, 0.4) is 0 Å². The highest BCUT2D eigenvalue weighted by molar-refractivity contribution is 7.91. The number of hydrogen-bond acceptors (Lipinski definition) is 6. The van der Waals surface area contributed by atoms with E-state index in [0.29, 0.717) is 36.2 Å². The number of piperazine rings is 1. The van der Waals surface area contributed by atoms with Gasteiger partial charge in [0.05, 0.1) is 11.1 Å². The summed E-state index contributed by atoms with van der Waals surface area (Å²) >= 11 is 1.12. The van der Waals surface area contributed by atoms with Gasteiger partial charge in [-0.3, -0.25) is 4.79 Å². The summed E-state index contributed by atoms with van der Waals surface area (Å²) in [6, 6.07) is 4.22. The minimum absolute atomic E-state index is 0.143. The van der Waals surface area contributed by atoms with E-state index in [0.717, 1.165) is 11.3 Å². The fraction of sp³-hybridized carbons (Fsp3) is 0.500. The van der Waals surface area contributed by atoms with Gasteiger partial charge < -0.3 is 9.42 Å². The second kappa shape index (κ2) is 6.89. The van der Waals surface area contributed by atoms with E-state index in [1.54, 1.807) is 30.0 Å². The highest BCUT2D eigenvalue weighted by Crippen LogP contribution is 2.33. The molecular weight excluding hydrogens is 362 g/mol. The van der Waals surface area contributed by atoms with Crippen LogP contribution < -0.4 is 0 Å². The van der Waals surface area contributed by atoms with E-state index < -0.39 is 16.1 Å². The molecule has 1 aliphatic heterocycles. The largest absolute Gasteiger partial charge is 0.355 e. The molecule has 0 N–H and O–H groups in total. The summed E-state index contributed by atoms with van der Waals surface area (Å²) in [6.45, 7) is 7.09. The van der Waals surface area contributed by atoms with Crippen molar-refractivity contribution in [2.24, 2.45) is 5.92 Å². The van der Waals surface area contributed by atoms with Gasteiger partial charge in [-0.05, 0) is 25.0 Å². The molecule has 1 aliphatic rings. The fourth-order valence-corrected chi connectivity index (χ4v) is 5.88. The van der Waals surface area contributed by atoms with Crippen LogP contribution in [-0.4, -0.2) is 54.4 Å². The van der Waals surface area contributed by atoms with Crippen LogP contribution in [0.15, 0.2) is 33.1 Å². The summed E-state index contributed by atoms with van der Waals surface area (Å²) in [5.41, 5.74) is 0. The number of thiophene rings is 1. The van der Waals surface area contributed by atoms with Crippen LogP contribution in [0.4, 0.5) is 0 Å². The zero-order valence-corrected chi connectivity index (χ0v) is 16.0. The number of carbonyl (C=O) groups excluding carboxylic acids is 1. The van der Waals surface area contributed by atoms with Gasteiger partial charge in [0.15, 0.2) is 5.76 Å². The lowest BCUT2D eigenvalue weighted by molar-refractivity contribution is -0.138. The topological polar surface area (TPSA) is 83.7 Å². The first-order chi connectivity index (χ1) is 11.8. The van der Waals surface area contributed by atoms with E-state index in [1.807, 2.05) is 13.8 Å². The third kappa shape index (κ3) is 3.49. The van der Waals surface area contributed by atoms with Gasteiger partial charge in [-0.15, -0.1) is 11.3 Å². The number of hydrogen-bond donors (Lipinski definition) is 0. The van der Waals surface area contributed by atoms with E-state index >= 15 is 0 Å². The average Bonchev–Trinajstić information content (AvgIpc) is 3.21. The zero-order chi connectivity index (χ0) is 18.2. The summed E-state index contributed by atoms with van der Waals surface area (Å²) in [6.07, 6.45) is 1.51. The molecule has 1 saturated heterocycles. The van der Waals surface area contributed by atoms with Crippen LogP contribution in [0.1, 0.15) is 20.8 Å². The molecule has 25 heavy (non-hydrogen) atoms. The molecule has 0 radical (unpaired) electrons. The third-order valence-electron chi connectivity index (χ3n) is 4.10. The normalized spacial score (nSPS) is 19.8. The minimum Gasteiger partial charge on any atom is -0.355 e. The van der Waals surface area contributed by atoms with Gasteiger partial charge in [0.2, 0.25) is 5.91 Å². The van der Waals surface area contributed by atoms with Gasteiger partial charge in [-0.2, -0.15) is 4.31 Å². The van der Waals surface area contributed by atoms with Gasteiger partial charge >= 0.3 is 0 Å². The van der Waals surface area contributed by atoms with Crippen molar-refractivity contribution in [3.05, 3.63) is 24.4 Å². The van der Waals surface area contributed by atoms with Crippen molar-refractivity contribution in [1.82, 2.24) is 14.4 Å². The van der Waals surface area contributed by atoms with Gasteiger partial charge in [-0.25, -0.2) is 8.42 Å². The quantitative estimate of drug-likeness (QED) is 0.791. The number of aromatic nitrogens is 1. The number of carbonyl (C=O) groups is 1. The number of sulfonamides is 1. The first kappa shape index (κ1) is 18.1. The molecule has 3 rings (SSSR count). The fourth-order valence-electron chi connectivity index (χ4n) is 2.91. The smallest absolute Gasteiger partial charge is 0.253 e. The Kier molecular flexibility index (Phi) is 4.99. The van der Waals surface area contributed by atoms with Crippen LogP contribution in [0.5, 0.6) is 0 Å². The summed E-state index contributed by atoms with van der Waals surface area (Å²) in [7, 11) is -3.72. The third-order valence-corrected chi connectivity index (χ3v) is 7.64. The SMILES string of the molecule is CC(C)CN1CCN(S(=O)(=O)c2ccc(-c3ccno3)s2)C(C)C1=O. The highest BCUT2D eigenvalue weighted by atomic mass is 32.2. The van der Waals surface area contributed by atoms with Crippen molar-refractivity contribution in [1.29, 1.82) is 0 Å². The molecule has 1 atom stereocenters. The molecular formula is C16H21N3O4S2. The second-order valence-corrected chi connectivity index (χ2v) is 9.67. The Labute approximate surface area is 151 Å². The molecule has 2 aromatic heterocycles.